The van der Waals surface area contributed by atoms with Crippen molar-refractivity contribution in [2.24, 2.45) is 0 Å². The molecule has 0 aliphatic rings. The van der Waals surface area contributed by atoms with Crippen LogP contribution in [0.25, 0.3) is 17.2 Å². The SMILES string of the molecule is C/C=C\c1cc(C)ccc1C.CC.Cc1cccc2ncoc12. The van der Waals surface area contributed by atoms with Crippen molar-refractivity contribution in [3.63, 3.8) is 0 Å². The zero-order valence-corrected chi connectivity index (χ0v) is 15.1. The van der Waals surface area contributed by atoms with Gasteiger partial charge >= 0.3 is 0 Å². The van der Waals surface area contributed by atoms with Gasteiger partial charge in [0.2, 0.25) is 0 Å². The fourth-order valence-electron chi connectivity index (χ4n) is 2.15. The second-order valence-corrected chi connectivity index (χ2v) is 5.14. The van der Waals surface area contributed by atoms with Crippen molar-refractivity contribution in [1.82, 2.24) is 4.98 Å². The summed E-state index contributed by atoms with van der Waals surface area (Å²) in [5.41, 5.74) is 6.95. The van der Waals surface area contributed by atoms with Crippen molar-refractivity contribution in [2.45, 2.75) is 41.5 Å². The molecule has 3 rings (SSSR count). The van der Waals surface area contributed by atoms with Gasteiger partial charge < -0.3 is 4.42 Å². The van der Waals surface area contributed by atoms with Crippen molar-refractivity contribution in [3.05, 3.63) is 71.1 Å². The summed E-state index contributed by atoms with van der Waals surface area (Å²) in [7, 11) is 0. The first-order valence-electron chi connectivity index (χ1n) is 8.10. The van der Waals surface area contributed by atoms with Crippen LogP contribution in [-0.4, -0.2) is 4.98 Å². The van der Waals surface area contributed by atoms with E-state index < -0.39 is 0 Å². The highest BCUT2D eigenvalue weighted by Crippen LogP contribution is 2.15. The van der Waals surface area contributed by atoms with E-state index in [0.717, 1.165) is 16.7 Å². The molecule has 2 nitrogen and oxygen atoms in total. The van der Waals surface area contributed by atoms with Crippen LogP contribution in [0.4, 0.5) is 0 Å². The largest absolute Gasteiger partial charge is 0.443 e. The van der Waals surface area contributed by atoms with E-state index in [0.29, 0.717) is 0 Å². The van der Waals surface area contributed by atoms with E-state index in [2.05, 4.69) is 49.2 Å². The second-order valence-electron chi connectivity index (χ2n) is 5.14. The molecule has 0 radical (unpaired) electrons. The van der Waals surface area contributed by atoms with Crippen LogP contribution in [0.3, 0.4) is 0 Å². The predicted molar refractivity (Wildman–Crippen MR) is 101 cm³/mol. The average Bonchev–Trinajstić information content (AvgIpc) is 3.04. The number of oxazole rings is 1. The minimum Gasteiger partial charge on any atom is -0.443 e. The summed E-state index contributed by atoms with van der Waals surface area (Å²) in [4.78, 5) is 4.01. The first-order valence-corrected chi connectivity index (χ1v) is 8.10. The van der Waals surface area contributed by atoms with Gasteiger partial charge in [0.15, 0.2) is 12.0 Å². The zero-order valence-electron chi connectivity index (χ0n) is 15.1. The van der Waals surface area contributed by atoms with Gasteiger partial charge in [0.05, 0.1) is 0 Å². The molecular formula is C21H27NO. The summed E-state index contributed by atoms with van der Waals surface area (Å²) in [5.74, 6) is 0. The van der Waals surface area contributed by atoms with Gasteiger partial charge in [0.1, 0.15) is 5.52 Å². The molecule has 0 unspecified atom stereocenters. The number of para-hydroxylation sites is 1. The molecule has 0 atom stereocenters. The Labute approximate surface area is 139 Å². The molecule has 0 saturated heterocycles. The van der Waals surface area contributed by atoms with Crippen LogP contribution < -0.4 is 0 Å². The van der Waals surface area contributed by atoms with Crippen LogP contribution in [0.5, 0.6) is 0 Å². The Kier molecular flexibility index (Phi) is 7.82. The van der Waals surface area contributed by atoms with Crippen molar-refractivity contribution < 1.29 is 4.42 Å². The fraction of sp³-hybridized carbons (Fsp3) is 0.286. The molecule has 23 heavy (non-hydrogen) atoms. The number of aromatic nitrogens is 1. The molecule has 122 valence electrons. The molecule has 2 heteroatoms. The van der Waals surface area contributed by atoms with Crippen LogP contribution >= 0.6 is 0 Å². The van der Waals surface area contributed by atoms with Gasteiger partial charge in [-0.25, -0.2) is 4.98 Å². The Balaban J connectivity index is 0.000000208. The summed E-state index contributed by atoms with van der Waals surface area (Å²) >= 11 is 0. The molecule has 0 bridgehead atoms. The topological polar surface area (TPSA) is 26.0 Å². The lowest BCUT2D eigenvalue weighted by Crippen LogP contribution is -1.81. The van der Waals surface area contributed by atoms with Crippen molar-refractivity contribution in [2.75, 3.05) is 0 Å². The van der Waals surface area contributed by atoms with Crippen LogP contribution in [-0.2, 0) is 0 Å². The van der Waals surface area contributed by atoms with Crippen molar-refractivity contribution in [1.29, 1.82) is 0 Å². The summed E-state index contributed by atoms with van der Waals surface area (Å²) < 4.78 is 5.14. The van der Waals surface area contributed by atoms with E-state index in [9.17, 15) is 0 Å². The van der Waals surface area contributed by atoms with E-state index in [1.807, 2.05) is 45.9 Å². The number of nitrogens with zero attached hydrogens (tertiary/aromatic N) is 1. The maximum Gasteiger partial charge on any atom is 0.181 e. The molecule has 0 spiro atoms. The number of benzene rings is 2. The summed E-state index contributed by atoms with van der Waals surface area (Å²) in [5, 5.41) is 0. The van der Waals surface area contributed by atoms with Gasteiger partial charge in [0, 0.05) is 0 Å². The molecule has 0 N–H and O–H groups in total. The highest BCUT2D eigenvalue weighted by molar-refractivity contribution is 5.75. The smallest absolute Gasteiger partial charge is 0.181 e. The monoisotopic (exact) mass is 309 g/mol. The van der Waals surface area contributed by atoms with Crippen LogP contribution in [0.15, 0.2) is 53.3 Å². The molecule has 0 aliphatic heterocycles. The Morgan fingerprint density at radius 2 is 1.70 bits per heavy atom. The lowest BCUT2D eigenvalue weighted by atomic mass is 10.1. The molecule has 1 aromatic heterocycles. The standard InChI is InChI=1S/C11H14.C8H7NO.C2H6/c1-4-5-11-8-9(2)6-7-10(11)3;1-6-3-2-4-7-8(6)10-5-9-7;1-2/h4-8H,1-3H3;2-5H,1H3;1-2H3/b5-4-;;. The average molecular weight is 309 g/mol. The molecule has 0 fully saturated rings. The van der Waals surface area contributed by atoms with E-state index in [1.54, 1.807) is 0 Å². The fourth-order valence-corrected chi connectivity index (χ4v) is 2.15. The molecule has 1 heterocycles. The first-order chi connectivity index (χ1) is 11.1. The molecular weight excluding hydrogens is 282 g/mol. The highest BCUT2D eigenvalue weighted by atomic mass is 16.3. The Bertz CT molecular complexity index is 753. The maximum atomic E-state index is 5.14. The second kappa shape index (κ2) is 9.62. The zero-order chi connectivity index (χ0) is 17.2. The quantitative estimate of drug-likeness (QED) is 0.513. The van der Waals surface area contributed by atoms with Crippen LogP contribution in [0.2, 0.25) is 0 Å². The van der Waals surface area contributed by atoms with Gasteiger partial charge in [0.25, 0.3) is 0 Å². The lowest BCUT2D eigenvalue weighted by molar-refractivity contribution is 0.600. The van der Waals surface area contributed by atoms with Crippen LogP contribution in [0.1, 0.15) is 43.0 Å². The number of rotatable bonds is 1. The Morgan fingerprint density at radius 1 is 0.957 bits per heavy atom. The predicted octanol–water partition coefficient (Wildman–Crippen LogP) is 6.50. The summed E-state index contributed by atoms with van der Waals surface area (Å²) in [6.45, 7) is 12.3. The molecule has 3 aromatic rings. The van der Waals surface area contributed by atoms with Crippen molar-refractivity contribution >= 4 is 17.2 Å². The number of fused-ring (bicyclic) bond motifs is 1. The molecule has 0 amide bonds. The third-order valence-corrected chi connectivity index (χ3v) is 3.33. The summed E-state index contributed by atoms with van der Waals surface area (Å²) in [6, 6.07) is 12.4. The minimum atomic E-state index is 0.891. The number of hydrogen-bond acceptors (Lipinski definition) is 2. The van der Waals surface area contributed by atoms with E-state index in [1.165, 1.54) is 23.1 Å². The molecule has 0 aliphatic carbocycles. The van der Waals surface area contributed by atoms with Gasteiger partial charge in [-0.15, -0.1) is 0 Å². The lowest BCUT2D eigenvalue weighted by Gasteiger charge is -2.00. The summed E-state index contributed by atoms with van der Waals surface area (Å²) in [6.07, 6.45) is 5.68. The Morgan fingerprint density at radius 3 is 2.35 bits per heavy atom. The van der Waals surface area contributed by atoms with Gasteiger partial charge in [-0.2, -0.15) is 0 Å². The highest BCUT2D eigenvalue weighted by Gasteiger charge is 1.98. The molecule has 0 saturated carbocycles. The Hall–Kier alpha value is -2.35. The van der Waals surface area contributed by atoms with Crippen molar-refractivity contribution in [3.8, 4) is 0 Å². The minimum absolute atomic E-state index is 0.891. The van der Waals surface area contributed by atoms with E-state index >= 15 is 0 Å². The van der Waals surface area contributed by atoms with Gasteiger partial charge in [-0.1, -0.05) is 61.9 Å². The van der Waals surface area contributed by atoms with E-state index in [4.69, 9.17) is 4.42 Å². The van der Waals surface area contributed by atoms with Crippen LogP contribution in [0, 0.1) is 20.8 Å². The van der Waals surface area contributed by atoms with Gasteiger partial charge in [-0.3, -0.25) is 0 Å². The normalized spacial score (nSPS) is 10.0. The van der Waals surface area contributed by atoms with E-state index in [-0.39, 0.29) is 0 Å². The third-order valence-electron chi connectivity index (χ3n) is 3.33. The van der Waals surface area contributed by atoms with Gasteiger partial charge in [-0.05, 0) is 50.5 Å². The number of hydrogen-bond donors (Lipinski definition) is 0. The number of allylic oxidation sites excluding steroid dienone is 1. The maximum absolute atomic E-state index is 5.14. The first kappa shape index (κ1) is 18.7. The molecule has 2 aromatic carbocycles. The number of aryl methyl sites for hydroxylation is 3. The third kappa shape index (κ3) is 5.41.